The van der Waals surface area contributed by atoms with Crippen molar-refractivity contribution in [1.82, 2.24) is 18.8 Å². The van der Waals surface area contributed by atoms with Gasteiger partial charge in [0.25, 0.3) is 0 Å². The van der Waals surface area contributed by atoms with Gasteiger partial charge in [-0.1, -0.05) is 12.8 Å². The fourth-order valence-electron chi connectivity index (χ4n) is 5.28. The van der Waals surface area contributed by atoms with E-state index in [2.05, 4.69) is 16.4 Å². The Labute approximate surface area is 184 Å². The Bertz CT molecular complexity index is 1030. The summed E-state index contributed by atoms with van der Waals surface area (Å²) in [4.78, 5) is 7.74. The maximum atomic E-state index is 13.1. The SMILES string of the molecule is CCn1c(CN2CCOC3CCCCC32)nc2cc(S(=O)(=O)N3CCOCC3)ccc21. The highest BCUT2D eigenvalue weighted by atomic mass is 32.2. The van der Waals surface area contributed by atoms with Gasteiger partial charge in [0, 0.05) is 32.2 Å². The lowest BCUT2D eigenvalue weighted by Crippen LogP contribution is -2.52. The fraction of sp³-hybridized carbons (Fsp3) is 0.682. The Morgan fingerprint density at radius 3 is 2.71 bits per heavy atom. The highest BCUT2D eigenvalue weighted by Gasteiger charge is 2.35. The number of fused-ring (bicyclic) bond motifs is 2. The molecule has 0 amide bonds. The van der Waals surface area contributed by atoms with Crippen molar-refractivity contribution in [2.45, 2.75) is 62.7 Å². The molecule has 2 atom stereocenters. The maximum Gasteiger partial charge on any atom is 0.243 e. The van der Waals surface area contributed by atoms with Gasteiger partial charge in [-0.05, 0) is 38.0 Å². The Hall–Kier alpha value is -1.52. The molecule has 31 heavy (non-hydrogen) atoms. The molecule has 5 rings (SSSR count). The minimum absolute atomic E-state index is 0.313. The van der Waals surface area contributed by atoms with E-state index in [1.807, 2.05) is 6.07 Å². The number of rotatable bonds is 5. The largest absolute Gasteiger partial charge is 0.379 e. The van der Waals surface area contributed by atoms with Gasteiger partial charge >= 0.3 is 0 Å². The number of morpholine rings is 2. The van der Waals surface area contributed by atoms with Crippen molar-refractivity contribution in [3.8, 4) is 0 Å². The second-order valence-electron chi connectivity index (χ2n) is 8.67. The van der Waals surface area contributed by atoms with Crippen molar-refractivity contribution in [3.05, 3.63) is 24.0 Å². The first-order chi connectivity index (χ1) is 15.1. The Morgan fingerprint density at radius 1 is 1.10 bits per heavy atom. The van der Waals surface area contributed by atoms with Crippen LogP contribution in [0.4, 0.5) is 0 Å². The molecule has 0 spiro atoms. The molecule has 0 N–H and O–H groups in total. The standard InChI is InChI=1S/C22H32N4O4S/c1-2-26-19-8-7-17(31(27,28)25-10-12-29-13-11-25)15-18(19)23-22(26)16-24-9-14-30-21-6-4-3-5-20(21)24/h7-8,15,20-21H,2-6,9-14,16H2,1H3. The number of sulfonamides is 1. The fourth-order valence-corrected chi connectivity index (χ4v) is 6.71. The first kappa shape index (κ1) is 21.3. The Balaban J connectivity index is 1.44. The molecule has 3 fully saturated rings. The van der Waals surface area contributed by atoms with Crippen molar-refractivity contribution in [2.75, 3.05) is 39.5 Å². The lowest BCUT2D eigenvalue weighted by atomic mass is 9.90. The molecule has 2 saturated heterocycles. The molecule has 1 saturated carbocycles. The van der Waals surface area contributed by atoms with Gasteiger partial charge in [0.1, 0.15) is 5.82 Å². The van der Waals surface area contributed by atoms with Crippen molar-refractivity contribution < 1.29 is 17.9 Å². The number of nitrogens with zero attached hydrogens (tertiary/aromatic N) is 4. The average molecular weight is 449 g/mol. The van der Waals surface area contributed by atoms with E-state index >= 15 is 0 Å². The molecule has 2 aromatic rings. The van der Waals surface area contributed by atoms with Crippen molar-refractivity contribution >= 4 is 21.1 Å². The Morgan fingerprint density at radius 2 is 1.90 bits per heavy atom. The van der Waals surface area contributed by atoms with Crippen LogP contribution >= 0.6 is 0 Å². The number of imidazole rings is 1. The van der Waals surface area contributed by atoms with Crippen LogP contribution in [0.5, 0.6) is 0 Å². The van der Waals surface area contributed by atoms with Crippen molar-refractivity contribution in [3.63, 3.8) is 0 Å². The summed E-state index contributed by atoms with van der Waals surface area (Å²) in [5.41, 5.74) is 1.74. The molecule has 0 bridgehead atoms. The smallest absolute Gasteiger partial charge is 0.243 e. The maximum absolute atomic E-state index is 13.1. The van der Waals surface area contributed by atoms with Crippen LogP contribution in [-0.4, -0.2) is 78.8 Å². The van der Waals surface area contributed by atoms with E-state index in [1.54, 1.807) is 12.1 Å². The van der Waals surface area contributed by atoms with E-state index in [9.17, 15) is 8.42 Å². The average Bonchev–Trinajstić information content (AvgIpc) is 3.16. The molecule has 3 heterocycles. The van der Waals surface area contributed by atoms with Gasteiger partial charge in [-0.25, -0.2) is 13.4 Å². The molecular formula is C22H32N4O4S. The number of aromatic nitrogens is 2. The van der Waals surface area contributed by atoms with Gasteiger partial charge in [-0.15, -0.1) is 0 Å². The second-order valence-corrected chi connectivity index (χ2v) is 10.6. The van der Waals surface area contributed by atoms with Crippen LogP contribution in [-0.2, 0) is 32.6 Å². The topological polar surface area (TPSA) is 76.9 Å². The molecule has 1 aromatic heterocycles. The van der Waals surface area contributed by atoms with Gasteiger partial charge in [0.2, 0.25) is 10.0 Å². The van der Waals surface area contributed by atoms with Gasteiger partial charge in [-0.2, -0.15) is 4.31 Å². The first-order valence-corrected chi connectivity index (χ1v) is 12.9. The quantitative estimate of drug-likeness (QED) is 0.698. The summed E-state index contributed by atoms with van der Waals surface area (Å²) in [5.74, 6) is 1.00. The molecule has 2 aliphatic heterocycles. The molecule has 8 nitrogen and oxygen atoms in total. The van der Waals surface area contributed by atoms with Crippen LogP contribution in [0.2, 0.25) is 0 Å². The summed E-state index contributed by atoms with van der Waals surface area (Å²) >= 11 is 0. The molecule has 170 valence electrons. The normalized spacial score (nSPS) is 26.2. The van der Waals surface area contributed by atoms with E-state index < -0.39 is 10.0 Å². The van der Waals surface area contributed by atoms with Crippen molar-refractivity contribution in [2.24, 2.45) is 0 Å². The predicted octanol–water partition coefficient (Wildman–Crippen LogP) is 2.22. The summed E-state index contributed by atoms with van der Waals surface area (Å²) in [7, 11) is -3.53. The molecular weight excluding hydrogens is 416 g/mol. The highest BCUT2D eigenvalue weighted by Crippen LogP contribution is 2.30. The molecule has 2 unspecified atom stereocenters. The van der Waals surface area contributed by atoms with Crippen LogP contribution in [0.3, 0.4) is 0 Å². The molecule has 1 aromatic carbocycles. The highest BCUT2D eigenvalue weighted by molar-refractivity contribution is 7.89. The number of aryl methyl sites for hydroxylation is 1. The van der Waals surface area contributed by atoms with Crippen LogP contribution in [0.15, 0.2) is 23.1 Å². The third-order valence-electron chi connectivity index (χ3n) is 6.91. The lowest BCUT2D eigenvalue weighted by molar-refractivity contribution is -0.0920. The zero-order valence-electron chi connectivity index (χ0n) is 18.2. The minimum atomic E-state index is -3.53. The van der Waals surface area contributed by atoms with E-state index in [1.165, 1.54) is 23.6 Å². The predicted molar refractivity (Wildman–Crippen MR) is 117 cm³/mol. The number of hydrogen-bond donors (Lipinski definition) is 0. The number of hydrogen-bond acceptors (Lipinski definition) is 6. The second kappa shape index (κ2) is 8.78. The molecule has 0 radical (unpaired) electrons. The van der Waals surface area contributed by atoms with Crippen LogP contribution in [0.1, 0.15) is 38.4 Å². The summed E-state index contributed by atoms with van der Waals surface area (Å²) in [5, 5.41) is 0. The van der Waals surface area contributed by atoms with Crippen molar-refractivity contribution in [1.29, 1.82) is 0 Å². The van der Waals surface area contributed by atoms with Gasteiger partial charge < -0.3 is 14.0 Å². The summed E-state index contributed by atoms with van der Waals surface area (Å²) in [6.07, 6.45) is 5.18. The number of benzene rings is 1. The molecule has 9 heteroatoms. The van der Waals surface area contributed by atoms with E-state index in [4.69, 9.17) is 14.5 Å². The van der Waals surface area contributed by atoms with Gasteiger partial charge in [0.05, 0.1) is 48.4 Å². The van der Waals surface area contributed by atoms with Crippen LogP contribution in [0, 0.1) is 0 Å². The van der Waals surface area contributed by atoms with Crippen LogP contribution < -0.4 is 0 Å². The summed E-state index contributed by atoms with van der Waals surface area (Å²) in [6, 6.07) is 5.82. The van der Waals surface area contributed by atoms with Gasteiger partial charge in [-0.3, -0.25) is 4.90 Å². The molecule has 3 aliphatic rings. The van der Waals surface area contributed by atoms with E-state index in [0.717, 1.165) is 49.5 Å². The lowest BCUT2D eigenvalue weighted by Gasteiger charge is -2.43. The first-order valence-electron chi connectivity index (χ1n) is 11.5. The third kappa shape index (κ3) is 4.02. The van der Waals surface area contributed by atoms with E-state index in [0.29, 0.717) is 43.3 Å². The summed E-state index contributed by atoms with van der Waals surface area (Å²) in [6.45, 7) is 7.07. The third-order valence-corrected chi connectivity index (χ3v) is 8.81. The monoisotopic (exact) mass is 448 g/mol. The summed E-state index contributed by atoms with van der Waals surface area (Å²) < 4.78 is 41.2. The zero-order chi connectivity index (χ0) is 21.4. The molecule has 1 aliphatic carbocycles. The number of ether oxygens (including phenoxy) is 2. The Kier molecular flexibility index (Phi) is 6.04. The van der Waals surface area contributed by atoms with Gasteiger partial charge in [0.15, 0.2) is 0 Å². The van der Waals surface area contributed by atoms with E-state index in [-0.39, 0.29) is 0 Å². The minimum Gasteiger partial charge on any atom is -0.379 e. The zero-order valence-corrected chi connectivity index (χ0v) is 19.0. The van der Waals surface area contributed by atoms with Crippen LogP contribution in [0.25, 0.3) is 11.0 Å².